The fourth-order valence-electron chi connectivity index (χ4n) is 3.30. The molecule has 0 aliphatic carbocycles. The van der Waals surface area contributed by atoms with Crippen molar-refractivity contribution in [2.75, 3.05) is 39.4 Å². The van der Waals surface area contributed by atoms with Crippen LogP contribution < -0.4 is 10.6 Å². The van der Waals surface area contributed by atoms with Crippen molar-refractivity contribution in [3.05, 3.63) is 71.0 Å². The first-order chi connectivity index (χ1) is 14.2. The summed E-state index contributed by atoms with van der Waals surface area (Å²) in [7, 11) is 0. The first-order valence-corrected chi connectivity index (χ1v) is 10.4. The Balaban J connectivity index is 1.48. The van der Waals surface area contributed by atoms with Crippen molar-refractivity contribution in [1.82, 2.24) is 15.5 Å². The first-order valence-electron chi connectivity index (χ1n) is 10.4. The third kappa shape index (κ3) is 7.48. The van der Waals surface area contributed by atoms with Crippen LogP contribution in [-0.2, 0) is 24.2 Å². The zero-order chi connectivity index (χ0) is 20.3. The summed E-state index contributed by atoms with van der Waals surface area (Å²) in [4.78, 5) is 7.09. The van der Waals surface area contributed by atoms with E-state index in [4.69, 9.17) is 4.74 Å². The smallest absolute Gasteiger partial charge is 0.191 e. The molecule has 1 aliphatic rings. The summed E-state index contributed by atoms with van der Waals surface area (Å²) in [5, 5.41) is 6.58. The zero-order valence-electron chi connectivity index (χ0n) is 17.2. The lowest BCUT2D eigenvalue weighted by molar-refractivity contribution is 0.0342. The third-order valence-electron chi connectivity index (χ3n) is 4.89. The molecule has 0 unspecified atom stereocenters. The quantitative estimate of drug-likeness (QED) is 0.530. The molecular weight excluding hydrogens is 367 g/mol. The number of guanidine groups is 1. The Morgan fingerprint density at radius 3 is 2.52 bits per heavy atom. The van der Waals surface area contributed by atoms with Gasteiger partial charge in [0.05, 0.1) is 19.8 Å². The number of rotatable bonds is 8. The third-order valence-corrected chi connectivity index (χ3v) is 4.89. The number of aliphatic imine (C=N–C) groups is 1. The van der Waals surface area contributed by atoms with Gasteiger partial charge in [-0.1, -0.05) is 36.4 Å². The molecule has 1 heterocycles. The van der Waals surface area contributed by atoms with E-state index in [9.17, 15) is 4.39 Å². The van der Waals surface area contributed by atoms with Crippen LogP contribution in [0.4, 0.5) is 4.39 Å². The zero-order valence-corrected chi connectivity index (χ0v) is 17.2. The minimum absolute atomic E-state index is 0.194. The van der Waals surface area contributed by atoms with Crippen molar-refractivity contribution in [1.29, 1.82) is 0 Å². The molecule has 2 N–H and O–H groups in total. The van der Waals surface area contributed by atoms with Gasteiger partial charge in [-0.25, -0.2) is 9.38 Å². The molecule has 0 aromatic heterocycles. The fourth-order valence-corrected chi connectivity index (χ4v) is 3.30. The van der Waals surface area contributed by atoms with Crippen LogP contribution in [0.5, 0.6) is 0 Å². The van der Waals surface area contributed by atoms with E-state index in [2.05, 4.69) is 44.8 Å². The second-order valence-electron chi connectivity index (χ2n) is 7.21. The molecule has 29 heavy (non-hydrogen) atoms. The monoisotopic (exact) mass is 398 g/mol. The highest BCUT2D eigenvalue weighted by Crippen LogP contribution is 2.10. The number of nitrogens with one attached hydrogen (secondary N) is 2. The summed E-state index contributed by atoms with van der Waals surface area (Å²) in [5.41, 5.74) is 3.47. The summed E-state index contributed by atoms with van der Waals surface area (Å²) < 4.78 is 18.7. The van der Waals surface area contributed by atoms with Crippen LogP contribution in [0.3, 0.4) is 0 Å². The highest BCUT2D eigenvalue weighted by molar-refractivity contribution is 5.79. The molecule has 1 saturated heterocycles. The van der Waals surface area contributed by atoms with Gasteiger partial charge in [-0.05, 0) is 42.2 Å². The van der Waals surface area contributed by atoms with E-state index in [1.54, 1.807) is 12.1 Å². The van der Waals surface area contributed by atoms with Crippen LogP contribution in [0.25, 0.3) is 0 Å². The average Bonchev–Trinajstić information content (AvgIpc) is 2.74. The molecule has 1 aliphatic heterocycles. The highest BCUT2D eigenvalue weighted by Gasteiger charge is 2.10. The van der Waals surface area contributed by atoms with E-state index in [0.29, 0.717) is 13.1 Å². The lowest BCUT2D eigenvalue weighted by Crippen LogP contribution is -2.38. The summed E-state index contributed by atoms with van der Waals surface area (Å²) in [5.74, 6) is 0.585. The average molecular weight is 399 g/mol. The Morgan fingerprint density at radius 1 is 1.03 bits per heavy atom. The molecule has 156 valence electrons. The highest BCUT2D eigenvalue weighted by atomic mass is 19.1. The minimum Gasteiger partial charge on any atom is -0.379 e. The molecule has 2 aromatic carbocycles. The Bertz CT molecular complexity index is 773. The Kier molecular flexibility index (Phi) is 8.46. The van der Waals surface area contributed by atoms with Gasteiger partial charge in [0.25, 0.3) is 0 Å². The van der Waals surface area contributed by atoms with Gasteiger partial charge >= 0.3 is 0 Å². The molecule has 0 atom stereocenters. The van der Waals surface area contributed by atoms with Crippen LogP contribution >= 0.6 is 0 Å². The molecule has 5 nitrogen and oxygen atoms in total. The fraction of sp³-hybridized carbons (Fsp3) is 0.435. The van der Waals surface area contributed by atoms with E-state index >= 15 is 0 Å². The lowest BCUT2D eigenvalue weighted by atomic mass is 10.1. The molecule has 0 spiro atoms. The molecule has 1 fully saturated rings. The molecule has 0 bridgehead atoms. The number of benzene rings is 2. The summed E-state index contributed by atoms with van der Waals surface area (Å²) in [6, 6.07) is 15.4. The van der Waals surface area contributed by atoms with Gasteiger partial charge in [-0.3, -0.25) is 4.90 Å². The Labute approximate surface area is 173 Å². The van der Waals surface area contributed by atoms with Gasteiger partial charge < -0.3 is 15.4 Å². The maximum atomic E-state index is 13.3. The van der Waals surface area contributed by atoms with E-state index in [-0.39, 0.29) is 5.82 Å². The van der Waals surface area contributed by atoms with Crippen LogP contribution in [0.15, 0.2) is 53.5 Å². The molecule has 2 aromatic rings. The van der Waals surface area contributed by atoms with Crippen molar-refractivity contribution < 1.29 is 9.13 Å². The van der Waals surface area contributed by atoms with Crippen molar-refractivity contribution in [2.45, 2.75) is 26.4 Å². The van der Waals surface area contributed by atoms with Crippen molar-refractivity contribution in [3.8, 4) is 0 Å². The van der Waals surface area contributed by atoms with Gasteiger partial charge in [0, 0.05) is 32.7 Å². The van der Waals surface area contributed by atoms with Crippen LogP contribution in [0.2, 0.25) is 0 Å². The number of morpholine rings is 1. The van der Waals surface area contributed by atoms with Crippen molar-refractivity contribution >= 4 is 5.96 Å². The number of ether oxygens (including phenoxy) is 1. The van der Waals surface area contributed by atoms with Gasteiger partial charge in [-0.2, -0.15) is 0 Å². The SMILES string of the molecule is CCNC(=NCc1ccc(CN2CCOCC2)cc1)NCCc1cccc(F)c1. The first kappa shape index (κ1) is 21.3. The standard InChI is InChI=1S/C23H31FN4O/c1-2-25-23(26-11-10-19-4-3-5-22(24)16-19)27-17-20-6-8-21(9-7-20)18-28-12-14-29-15-13-28/h3-9,16H,2,10-15,17-18H2,1H3,(H2,25,26,27). The Hall–Kier alpha value is -2.44. The van der Waals surface area contributed by atoms with Crippen LogP contribution in [-0.4, -0.2) is 50.3 Å². The summed E-state index contributed by atoms with van der Waals surface area (Å²) >= 11 is 0. The number of nitrogens with zero attached hydrogens (tertiary/aromatic N) is 2. The van der Waals surface area contributed by atoms with Gasteiger partial charge in [-0.15, -0.1) is 0 Å². The van der Waals surface area contributed by atoms with E-state index in [1.165, 1.54) is 17.2 Å². The number of hydrogen-bond acceptors (Lipinski definition) is 3. The molecule has 3 rings (SSSR count). The normalized spacial score (nSPS) is 15.3. The molecule has 0 radical (unpaired) electrons. The minimum atomic E-state index is -0.194. The van der Waals surface area contributed by atoms with E-state index in [1.807, 2.05) is 13.0 Å². The van der Waals surface area contributed by atoms with Gasteiger partial charge in [0.1, 0.15) is 5.82 Å². The maximum absolute atomic E-state index is 13.3. The summed E-state index contributed by atoms with van der Waals surface area (Å²) in [6.45, 7) is 8.78. The van der Waals surface area contributed by atoms with Gasteiger partial charge in [0.15, 0.2) is 5.96 Å². The maximum Gasteiger partial charge on any atom is 0.191 e. The largest absolute Gasteiger partial charge is 0.379 e. The van der Waals surface area contributed by atoms with Crippen LogP contribution in [0, 0.1) is 5.82 Å². The predicted octanol–water partition coefficient (Wildman–Crippen LogP) is 2.96. The lowest BCUT2D eigenvalue weighted by Gasteiger charge is -2.26. The van der Waals surface area contributed by atoms with Gasteiger partial charge in [0.2, 0.25) is 0 Å². The molecular formula is C23H31FN4O. The van der Waals surface area contributed by atoms with E-state index in [0.717, 1.165) is 57.3 Å². The second-order valence-corrected chi connectivity index (χ2v) is 7.21. The predicted molar refractivity (Wildman–Crippen MR) is 115 cm³/mol. The number of hydrogen-bond donors (Lipinski definition) is 2. The summed E-state index contributed by atoms with van der Waals surface area (Å²) in [6.07, 6.45) is 0.748. The van der Waals surface area contributed by atoms with Crippen molar-refractivity contribution in [2.24, 2.45) is 4.99 Å². The second kappa shape index (κ2) is 11.5. The van der Waals surface area contributed by atoms with Crippen molar-refractivity contribution in [3.63, 3.8) is 0 Å². The van der Waals surface area contributed by atoms with Crippen LogP contribution in [0.1, 0.15) is 23.6 Å². The Morgan fingerprint density at radius 2 is 1.79 bits per heavy atom. The molecule has 6 heteroatoms. The topological polar surface area (TPSA) is 48.9 Å². The molecule has 0 saturated carbocycles. The molecule has 0 amide bonds. The van der Waals surface area contributed by atoms with E-state index < -0.39 is 0 Å². The number of halogens is 1.